The lowest BCUT2D eigenvalue weighted by molar-refractivity contribution is 0.0600. The average molecular weight is 563 g/mol. The van der Waals surface area contributed by atoms with Gasteiger partial charge in [0.2, 0.25) is 0 Å². The molecule has 3 aromatic rings. The number of hydrogen-bond acceptors (Lipinski definition) is 6. The second-order valence-corrected chi connectivity index (χ2v) is 9.96. The van der Waals surface area contributed by atoms with Gasteiger partial charge in [-0.25, -0.2) is 9.18 Å². The fraction of sp³-hybridized carbons (Fsp3) is 0.222. The highest BCUT2D eigenvalue weighted by atomic mass is 35.5. The van der Waals surface area contributed by atoms with E-state index < -0.39 is 18.1 Å². The van der Waals surface area contributed by atoms with Crippen molar-refractivity contribution in [2.75, 3.05) is 25.1 Å². The predicted molar refractivity (Wildman–Crippen MR) is 145 cm³/mol. The highest BCUT2D eigenvalue weighted by Crippen LogP contribution is 2.46. The number of rotatable bonds is 4. The number of esters is 1. The molecule has 2 aliphatic heterocycles. The van der Waals surface area contributed by atoms with Crippen molar-refractivity contribution in [1.82, 2.24) is 10.6 Å². The van der Waals surface area contributed by atoms with E-state index in [0.717, 1.165) is 41.8 Å². The Bertz CT molecular complexity index is 1410. The highest BCUT2D eigenvalue weighted by molar-refractivity contribution is 6.40. The number of benzene rings is 3. The summed E-state index contributed by atoms with van der Waals surface area (Å²) >= 11 is 19.8. The van der Waals surface area contributed by atoms with Gasteiger partial charge < -0.3 is 15.2 Å². The number of carbonyl (C=O) groups excluding carboxylic acids is 1. The van der Waals surface area contributed by atoms with E-state index in [2.05, 4.69) is 16.7 Å². The molecule has 0 aromatic heterocycles. The van der Waals surface area contributed by atoms with E-state index in [0.29, 0.717) is 23.5 Å². The van der Waals surface area contributed by atoms with E-state index in [9.17, 15) is 14.3 Å². The smallest absolute Gasteiger partial charge is 0.337 e. The zero-order valence-electron chi connectivity index (χ0n) is 19.7. The minimum absolute atomic E-state index is 0.162. The normalized spacial score (nSPS) is 17.3. The number of aliphatic hydroxyl groups is 1. The fourth-order valence-electron chi connectivity index (χ4n) is 4.77. The van der Waals surface area contributed by atoms with Crippen LogP contribution in [0.5, 0.6) is 0 Å². The minimum atomic E-state index is -1.17. The van der Waals surface area contributed by atoms with Gasteiger partial charge in [-0.3, -0.25) is 10.2 Å². The van der Waals surface area contributed by atoms with Crippen molar-refractivity contribution in [2.24, 2.45) is 0 Å². The van der Waals surface area contributed by atoms with Crippen molar-refractivity contribution in [3.63, 3.8) is 0 Å². The molecular weight excluding hydrogens is 540 g/mol. The molecule has 2 heterocycles. The molecule has 0 bridgehead atoms. The van der Waals surface area contributed by atoms with Crippen LogP contribution in [0.2, 0.25) is 15.1 Å². The van der Waals surface area contributed by atoms with E-state index in [-0.39, 0.29) is 20.6 Å². The SMILES string of the molecule is COC(=O)c1cc(Cl)c(N2c3cc(C4=CCNCC4)cc(-c4ccc(F)cc4Cl)c3CNC2O)c(Cl)c1. The summed E-state index contributed by atoms with van der Waals surface area (Å²) in [5, 5.41) is 18.1. The topological polar surface area (TPSA) is 73.8 Å². The lowest BCUT2D eigenvalue weighted by Gasteiger charge is -2.39. The Morgan fingerprint density at radius 1 is 1.08 bits per heavy atom. The predicted octanol–water partition coefficient (Wildman–Crippen LogP) is 6.13. The van der Waals surface area contributed by atoms with E-state index >= 15 is 0 Å². The van der Waals surface area contributed by atoms with Crippen LogP contribution < -0.4 is 15.5 Å². The van der Waals surface area contributed by atoms with E-state index in [1.165, 1.54) is 31.4 Å². The van der Waals surface area contributed by atoms with Gasteiger partial charge >= 0.3 is 5.97 Å². The lowest BCUT2D eigenvalue weighted by Crippen LogP contribution is -2.47. The first-order valence-electron chi connectivity index (χ1n) is 11.6. The summed E-state index contributed by atoms with van der Waals surface area (Å²) in [6, 6.07) is 11.2. The Morgan fingerprint density at radius 2 is 1.84 bits per heavy atom. The Balaban J connectivity index is 1.75. The van der Waals surface area contributed by atoms with E-state index in [1.807, 2.05) is 12.1 Å². The Hall–Kier alpha value is -2.65. The molecule has 0 amide bonds. The van der Waals surface area contributed by atoms with Crippen molar-refractivity contribution >= 4 is 57.7 Å². The summed E-state index contributed by atoms with van der Waals surface area (Å²) in [5.41, 5.74) is 5.51. The molecule has 6 nitrogen and oxygen atoms in total. The molecule has 3 N–H and O–H groups in total. The summed E-state index contributed by atoms with van der Waals surface area (Å²) in [6.45, 7) is 1.88. The Kier molecular flexibility index (Phi) is 7.45. The lowest BCUT2D eigenvalue weighted by atomic mass is 9.89. The standard InChI is InChI=1S/C27H23Cl3FN3O3/c1-37-26(35)16-9-22(29)25(23(30)10-16)34-24-11-15(14-4-6-32-7-5-14)8-19(20(24)13-33-27(34)36)18-3-2-17(31)12-21(18)28/h2-4,8-12,27,32-33,36H,5-7,13H2,1H3. The quantitative estimate of drug-likeness (QED) is 0.332. The first-order valence-corrected chi connectivity index (χ1v) is 12.7. The van der Waals surface area contributed by atoms with Crippen LogP contribution in [0.15, 0.2) is 48.5 Å². The maximum absolute atomic E-state index is 13.9. The first-order chi connectivity index (χ1) is 17.8. The van der Waals surface area contributed by atoms with Crippen molar-refractivity contribution in [3.05, 3.63) is 86.1 Å². The van der Waals surface area contributed by atoms with Crippen LogP contribution in [0.4, 0.5) is 15.8 Å². The molecule has 1 atom stereocenters. The van der Waals surface area contributed by atoms with Gasteiger partial charge in [0.25, 0.3) is 0 Å². The van der Waals surface area contributed by atoms with Crippen LogP contribution in [0, 0.1) is 5.82 Å². The third-order valence-corrected chi connectivity index (χ3v) is 7.42. The number of anilines is 2. The molecule has 0 fully saturated rings. The Morgan fingerprint density at radius 3 is 2.49 bits per heavy atom. The zero-order chi connectivity index (χ0) is 26.3. The summed E-state index contributed by atoms with van der Waals surface area (Å²) in [6.07, 6.45) is 1.76. The molecule has 0 saturated carbocycles. The van der Waals surface area contributed by atoms with Crippen LogP contribution in [0.3, 0.4) is 0 Å². The summed E-state index contributed by atoms with van der Waals surface area (Å²) in [4.78, 5) is 13.7. The second-order valence-electron chi connectivity index (χ2n) is 8.73. The molecule has 5 rings (SSSR count). The van der Waals surface area contributed by atoms with Crippen LogP contribution in [-0.4, -0.2) is 37.6 Å². The summed E-state index contributed by atoms with van der Waals surface area (Å²) < 4.78 is 18.7. The molecule has 0 saturated heterocycles. The fourth-order valence-corrected chi connectivity index (χ4v) is 5.70. The van der Waals surface area contributed by atoms with E-state index in [1.54, 1.807) is 11.0 Å². The molecule has 37 heavy (non-hydrogen) atoms. The van der Waals surface area contributed by atoms with Gasteiger partial charge in [0, 0.05) is 18.7 Å². The van der Waals surface area contributed by atoms with Gasteiger partial charge in [0.05, 0.1) is 39.1 Å². The number of nitrogens with one attached hydrogen (secondary N) is 2. The second kappa shape index (κ2) is 10.6. The third kappa shape index (κ3) is 4.95. The number of hydrogen-bond donors (Lipinski definition) is 3. The van der Waals surface area contributed by atoms with Gasteiger partial charge in [0.1, 0.15) is 5.82 Å². The zero-order valence-corrected chi connectivity index (χ0v) is 22.0. The van der Waals surface area contributed by atoms with Crippen LogP contribution in [-0.2, 0) is 11.3 Å². The van der Waals surface area contributed by atoms with Crippen molar-refractivity contribution in [1.29, 1.82) is 0 Å². The van der Waals surface area contributed by atoms with Crippen molar-refractivity contribution < 1.29 is 19.0 Å². The molecule has 1 unspecified atom stereocenters. The molecule has 0 aliphatic carbocycles. The largest absolute Gasteiger partial charge is 0.465 e. The van der Waals surface area contributed by atoms with Gasteiger partial charge in [0.15, 0.2) is 6.35 Å². The number of carbonyl (C=O) groups is 1. The number of fused-ring (bicyclic) bond motifs is 1. The molecule has 0 radical (unpaired) electrons. The van der Waals surface area contributed by atoms with Gasteiger partial charge in [-0.15, -0.1) is 0 Å². The number of nitrogens with zero attached hydrogens (tertiary/aromatic N) is 1. The number of ether oxygens (including phenoxy) is 1. The number of methoxy groups -OCH3 is 1. The summed E-state index contributed by atoms with van der Waals surface area (Å²) in [5.74, 6) is -1.01. The maximum Gasteiger partial charge on any atom is 0.337 e. The van der Waals surface area contributed by atoms with E-state index in [4.69, 9.17) is 39.5 Å². The minimum Gasteiger partial charge on any atom is -0.465 e. The van der Waals surface area contributed by atoms with Gasteiger partial charge in [-0.2, -0.15) is 0 Å². The highest BCUT2D eigenvalue weighted by Gasteiger charge is 2.32. The average Bonchev–Trinajstić information content (AvgIpc) is 2.89. The molecular formula is C27H23Cl3FN3O3. The summed E-state index contributed by atoms with van der Waals surface area (Å²) in [7, 11) is 1.27. The molecule has 192 valence electrons. The molecule has 2 aliphatic rings. The molecule has 3 aromatic carbocycles. The van der Waals surface area contributed by atoms with Crippen molar-refractivity contribution in [2.45, 2.75) is 19.3 Å². The number of halogens is 4. The Labute approximate surface area is 228 Å². The molecule has 10 heteroatoms. The molecule has 0 spiro atoms. The van der Waals surface area contributed by atoms with Gasteiger partial charge in [-0.05, 0) is 77.7 Å². The monoisotopic (exact) mass is 561 g/mol. The maximum atomic E-state index is 13.9. The first kappa shape index (κ1) is 26.0. The van der Waals surface area contributed by atoms with Crippen LogP contribution >= 0.6 is 34.8 Å². The number of aliphatic hydroxyl groups excluding tert-OH is 1. The van der Waals surface area contributed by atoms with Gasteiger partial charge in [-0.1, -0.05) is 40.9 Å². The third-order valence-electron chi connectivity index (χ3n) is 6.53. The van der Waals surface area contributed by atoms with Crippen LogP contribution in [0.1, 0.15) is 27.9 Å². The van der Waals surface area contributed by atoms with Crippen LogP contribution in [0.25, 0.3) is 16.7 Å². The van der Waals surface area contributed by atoms with Crippen molar-refractivity contribution in [3.8, 4) is 11.1 Å².